The van der Waals surface area contributed by atoms with Crippen LogP contribution in [0.3, 0.4) is 0 Å². The van der Waals surface area contributed by atoms with Gasteiger partial charge in [-0.2, -0.15) is 0 Å². The number of hydrogen-bond donors (Lipinski definition) is 2. The molecule has 2 aromatic heterocycles. The molecule has 1 saturated carbocycles. The van der Waals surface area contributed by atoms with Gasteiger partial charge in [0.2, 0.25) is 5.91 Å². The van der Waals surface area contributed by atoms with Crippen molar-refractivity contribution >= 4 is 28.3 Å². The maximum absolute atomic E-state index is 12.2. The third-order valence-corrected chi connectivity index (χ3v) is 5.51. The summed E-state index contributed by atoms with van der Waals surface area (Å²) in [6.07, 6.45) is 5.54. The molecule has 0 radical (unpaired) electrons. The Kier molecular flexibility index (Phi) is 4.40. The van der Waals surface area contributed by atoms with E-state index in [4.69, 9.17) is 4.42 Å². The summed E-state index contributed by atoms with van der Waals surface area (Å²) < 4.78 is 5.09. The van der Waals surface area contributed by atoms with Crippen molar-refractivity contribution in [2.24, 2.45) is 5.92 Å². The molecule has 1 aliphatic carbocycles. The molecule has 0 spiro atoms. The van der Waals surface area contributed by atoms with E-state index in [0.29, 0.717) is 17.6 Å². The number of hydrogen-bond acceptors (Lipinski definition) is 5. The van der Waals surface area contributed by atoms with E-state index in [-0.39, 0.29) is 11.8 Å². The van der Waals surface area contributed by atoms with E-state index in [1.54, 1.807) is 12.1 Å². The van der Waals surface area contributed by atoms with E-state index in [1.165, 1.54) is 17.8 Å². The van der Waals surface area contributed by atoms with Gasteiger partial charge in [0.25, 0.3) is 0 Å². The van der Waals surface area contributed by atoms with Crippen molar-refractivity contribution in [3.63, 3.8) is 0 Å². The number of nitrogens with one attached hydrogen (secondary N) is 2. The van der Waals surface area contributed by atoms with Crippen LogP contribution >= 0.6 is 11.3 Å². The van der Waals surface area contributed by atoms with E-state index < -0.39 is 5.76 Å². The number of nitrogens with zero attached hydrogens (tertiary/aromatic N) is 1. The molecular formula is C18H19N3O3S. The minimum atomic E-state index is -0.462. The van der Waals surface area contributed by atoms with Gasteiger partial charge in [-0.3, -0.25) is 9.78 Å². The van der Waals surface area contributed by atoms with Gasteiger partial charge in [0.1, 0.15) is 5.01 Å². The van der Waals surface area contributed by atoms with Gasteiger partial charge in [0.15, 0.2) is 5.58 Å². The standard InChI is InChI=1S/C18H19N3O3S/c22-17(11-4-2-1-3-5-11)19-9-16-20-14(10-25-16)12-6-7-13-15(8-12)24-18(23)21-13/h6-8,10-11H,1-5,9H2,(H,19,22)(H,21,23). The lowest BCUT2D eigenvalue weighted by Gasteiger charge is -2.20. The SMILES string of the molecule is O=C(NCc1nc(-c2ccc3[nH]c(=O)oc3c2)cs1)C1CCCCC1. The number of benzene rings is 1. The van der Waals surface area contributed by atoms with E-state index in [1.807, 2.05) is 11.4 Å². The van der Waals surface area contributed by atoms with Gasteiger partial charge < -0.3 is 9.73 Å². The van der Waals surface area contributed by atoms with E-state index in [9.17, 15) is 9.59 Å². The Hall–Kier alpha value is -2.41. The fourth-order valence-corrected chi connectivity index (χ4v) is 4.04. The van der Waals surface area contributed by atoms with E-state index >= 15 is 0 Å². The minimum absolute atomic E-state index is 0.145. The fraction of sp³-hybridized carbons (Fsp3) is 0.389. The highest BCUT2D eigenvalue weighted by atomic mass is 32.1. The van der Waals surface area contributed by atoms with Crippen LogP contribution in [0.1, 0.15) is 37.1 Å². The first-order valence-corrected chi connectivity index (χ1v) is 9.42. The highest BCUT2D eigenvalue weighted by Gasteiger charge is 2.20. The number of carbonyl (C=O) groups is 1. The Morgan fingerprint density at radius 2 is 2.16 bits per heavy atom. The van der Waals surface area contributed by atoms with Crippen molar-refractivity contribution in [3.05, 3.63) is 39.1 Å². The number of fused-ring (bicyclic) bond motifs is 1. The first-order valence-electron chi connectivity index (χ1n) is 8.54. The summed E-state index contributed by atoms with van der Waals surface area (Å²) in [6, 6.07) is 5.50. The van der Waals surface area contributed by atoms with Crippen molar-refractivity contribution in [1.29, 1.82) is 0 Å². The van der Waals surface area contributed by atoms with Gasteiger partial charge in [0.05, 0.1) is 17.8 Å². The van der Waals surface area contributed by atoms with Crippen molar-refractivity contribution < 1.29 is 9.21 Å². The van der Waals surface area contributed by atoms with Gasteiger partial charge in [-0.15, -0.1) is 11.3 Å². The number of amides is 1. The number of H-pyrrole nitrogens is 1. The molecular weight excluding hydrogens is 338 g/mol. The largest absolute Gasteiger partial charge is 0.417 e. The molecule has 3 aromatic rings. The highest BCUT2D eigenvalue weighted by Crippen LogP contribution is 2.26. The summed E-state index contributed by atoms with van der Waals surface area (Å²) in [5, 5.41) is 5.83. The van der Waals surface area contributed by atoms with Crippen LogP contribution in [-0.2, 0) is 11.3 Å². The van der Waals surface area contributed by atoms with Gasteiger partial charge in [-0.05, 0) is 25.0 Å². The van der Waals surface area contributed by atoms with Crippen LogP contribution in [0.15, 0.2) is 32.8 Å². The molecule has 4 rings (SSSR count). The molecule has 130 valence electrons. The van der Waals surface area contributed by atoms with E-state index in [0.717, 1.165) is 41.9 Å². The molecule has 7 heteroatoms. The molecule has 1 amide bonds. The Morgan fingerprint density at radius 1 is 1.32 bits per heavy atom. The average molecular weight is 357 g/mol. The Balaban J connectivity index is 1.43. The predicted molar refractivity (Wildman–Crippen MR) is 96.4 cm³/mol. The molecule has 2 heterocycles. The van der Waals surface area contributed by atoms with E-state index in [2.05, 4.69) is 15.3 Å². The maximum atomic E-state index is 12.2. The number of aromatic nitrogens is 2. The lowest BCUT2D eigenvalue weighted by molar-refractivity contribution is -0.126. The predicted octanol–water partition coefficient (Wildman–Crippen LogP) is 3.44. The van der Waals surface area contributed by atoms with Gasteiger partial charge in [0, 0.05) is 16.9 Å². The minimum Gasteiger partial charge on any atom is -0.408 e. The average Bonchev–Trinajstić information content (AvgIpc) is 3.25. The fourth-order valence-electron chi connectivity index (χ4n) is 3.30. The third kappa shape index (κ3) is 3.51. The van der Waals surface area contributed by atoms with Gasteiger partial charge in [-0.25, -0.2) is 9.78 Å². The number of rotatable bonds is 4. The molecule has 0 saturated heterocycles. The van der Waals surface area contributed by atoms with Crippen molar-refractivity contribution in [2.75, 3.05) is 0 Å². The smallest absolute Gasteiger partial charge is 0.408 e. The maximum Gasteiger partial charge on any atom is 0.417 e. The number of carbonyl (C=O) groups excluding carboxylic acids is 1. The lowest BCUT2D eigenvalue weighted by Crippen LogP contribution is -2.31. The first kappa shape index (κ1) is 16.1. The molecule has 6 nitrogen and oxygen atoms in total. The van der Waals surface area contributed by atoms with Crippen LogP contribution in [-0.4, -0.2) is 15.9 Å². The summed E-state index contributed by atoms with van der Waals surface area (Å²) in [7, 11) is 0. The first-order chi connectivity index (χ1) is 12.2. The van der Waals surface area contributed by atoms with Gasteiger partial charge in [-0.1, -0.05) is 25.3 Å². The van der Waals surface area contributed by atoms with Crippen LogP contribution in [0, 0.1) is 5.92 Å². The molecule has 1 aliphatic rings. The molecule has 25 heavy (non-hydrogen) atoms. The monoisotopic (exact) mass is 357 g/mol. The molecule has 0 bridgehead atoms. The van der Waals surface area contributed by atoms with Crippen LogP contribution < -0.4 is 11.1 Å². The lowest BCUT2D eigenvalue weighted by atomic mass is 9.89. The molecule has 2 N–H and O–H groups in total. The second kappa shape index (κ2) is 6.84. The van der Waals surface area contributed by atoms with Crippen molar-refractivity contribution in [1.82, 2.24) is 15.3 Å². The summed E-state index contributed by atoms with van der Waals surface area (Å²) in [6.45, 7) is 0.460. The summed E-state index contributed by atoms with van der Waals surface area (Å²) >= 11 is 1.52. The molecule has 0 unspecified atom stereocenters. The molecule has 1 fully saturated rings. The topological polar surface area (TPSA) is 88.0 Å². The molecule has 0 atom stereocenters. The van der Waals surface area contributed by atoms with Crippen LogP contribution in [0.4, 0.5) is 0 Å². The highest BCUT2D eigenvalue weighted by molar-refractivity contribution is 7.09. The van der Waals surface area contributed by atoms with Crippen molar-refractivity contribution in [2.45, 2.75) is 38.6 Å². The quantitative estimate of drug-likeness (QED) is 0.749. The zero-order valence-corrected chi connectivity index (χ0v) is 14.5. The third-order valence-electron chi connectivity index (χ3n) is 4.66. The summed E-state index contributed by atoms with van der Waals surface area (Å²) in [5.41, 5.74) is 2.89. The second-order valence-corrected chi connectivity index (χ2v) is 7.35. The number of thiazole rings is 1. The summed E-state index contributed by atoms with van der Waals surface area (Å²) in [5.74, 6) is -0.157. The van der Waals surface area contributed by atoms with Crippen LogP contribution in [0.5, 0.6) is 0 Å². The normalized spacial score (nSPS) is 15.5. The Labute approximate surface area is 148 Å². The number of oxazole rings is 1. The van der Waals surface area contributed by atoms with Crippen molar-refractivity contribution in [3.8, 4) is 11.3 Å². The Morgan fingerprint density at radius 3 is 3.00 bits per heavy atom. The second-order valence-electron chi connectivity index (χ2n) is 6.40. The Bertz CT molecular complexity index is 950. The zero-order chi connectivity index (χ0) is 17.2. The van der Waals surface area contributed by atoms with Gasteiger partial charge >= 0.3 is 5.76 Å². The zero-order valence-electron chi connectivity index (χ0n) is 13.7. The summed E-state index contributed by atoms with van der Waals surface area (Å²) in [4.78, 5) is 30.7. The van der Waals surface area contributed by atoms with Crippen LogP contribution in [0.2, 0.25) is 0 Å². The van der Waals surface area contributed by atoms with Crippen LogP contribution in [0.25, 0.3) is 22.4 Å². The molecule has 0 aliphatic heterocycles. The number of aromatic amines is 1. The molecule has 1 aromatic carbocycles.